The predicted octanol–water partition coefficient (Wildman–Crippen LogP) is 3.89. The first-order valence-corrected chi connectivity index (χ1v) is 11.7. The van der Waals surface area contributed by atoms with Crippen molar-refractivity contribution in [3.8, 4) is 5.75 Å². The van der Waals surface area contributed by atoms with Crippen molar-refractivity contribution in [3.63, 3.8) is 0 Å². The summed E-state index contributed by atoms with van der Waals surface area (Å²) < 4.78 is 5.22. The summed E-state index contributed by atoms with van der Waals surface area (Å²) in [5, 5.41) is 3.05. The van der Waals surface area contributed by atoms with Crippen molar-refractivity contribution in [2.45, 2.75) is 29.5 Å². The largest absolute Gasteiger partial charge is 0.497 e. The Kier molecular flexibility index (Phi) is 7.05. The summed E-state index contributed by atoms with van der Waals surface area (Å²) in [6.07, 6.45) is 1.13. The average Bonchev–Trinajstić information content (AvgIpc) is 3.00. The molecular formula is C23H26ClN3O3S. The lowest BCUT2D eigenvalue weighted by Gasteiger charge is -2.27. The number of rotatable bonds is 5. The number of carbonyl (C=O) groups is 2. The number of hydrogen-bond donors (Lipinski definition) is 1. The molecule has 1 N–H and O–H groups in total. The first-order chi connectivity index (χ1) is 15.0. The Bertz CT molecular complexity index is 954. The Morgan fingerprint density at radius 1 is 1.16 bits per heavy atom. The van der Waals surface area contributed by atoms with Crippen molar-refractivity contribution in [2.75, 3.05) is 38.6 Å². The van der Waals surface area contributed by atoms with Crippen molar-refractivity contribution >= 4 is 40.9 Å². The van der Waals surface area contributed by atoms with Gasteiger partial charge in [0.2, 0.25) is 11.8 Å². The second-order valence-corrected chi connectivity index (χ2v) is 9.48. The minimum absolute atomic E-state index is 0.0383. The molecule has 2 aliphatic heterocycles. The Labute approximate surface area is 191 Å². The zero-order chi connectivity index (χ0) is 21.8. The number of ether oxygens (including phenoxy) is 1. The van der Waals surface area contributed by atoms with Crippen molar-refractivity contribution < 1.29 is 14.3 Å². The molecule has 0 aliphatic carbocycles. The van der Waals surface area contributed by atoms with Gasteiger partial charge in [-0.05, 0) is 42.3 Å². The number of carbonyl (C=O) groups excluding carboxylic acids is 2. The minimum Gasteiger partial charge on any atom is -0.497 e. The Balaban J connectivity index is 1.31. The molecule has 0 radical (unpaired) electrons. The van der Waals surface area contributed by atoms with Gasteiger partial charge in [0.25, 0.3) is 0 Å². The van der Waals surface area contributed by atoms with Crippen LogP contribution in [0.2, 0.25) is 5.02 Å². The number of nitrogens with one attached hydrogen (secondary N) is 1. The maximum absolute atomic E-state index is 12.9. The van der Waals surface area contributed by atoms with Gasteiger partial charge < -0.3 is 15.0 Å². The van der Waals surface area contributed by atoms with Crippen LogP contribution in [-0.4, -0.2) is 60.2 Å². The predicted molar refractivity (Wildman–Crippen MR) is 124 cm³/mol. The van der Waals surface area contributed by atoms with E-state index < -0.39 is 5.25 Å². The van der Waals surface area contributed by atoms with Crippen LogP contribution in [-0.2, 0) is 16.1 Å². The maximum atomic E-state index is 12.9. The van der Waals surface area contributed by atoms with E-state index in [1.807, 2.05) is 23.1 Å². The van der Waals surface area contributed by atoms with Crippen molar-refractivity contribution in [2.24, 2.45) is 0 Å². The van der Waals surface area contributed by atoms with Crippen molar-refractivity contribution in [1.29, 1.82) is 0 Å². The first-order valence-electron chi connectivity index (χ1n) is 10.4. The third-order valence-electron chi connectivity index (χ3n) is 5.63. The third kappa shape index (κ3) is 5.53. The van der Waals surface area contributed by atoms with Gasteiger partial charge in [0.15, 0.2) is 0 Å². The van der Waals surface area contributed by atoms with Gasteiger partial charge in [0, 0.05) is 49.1 Å². The van der Waals surface area contributed by atoms with Crippen LogP contribution < -0.4 is 10.1 Å². The molecule has 0 aromatic heterocycles. The summed E-state index contributed by atoms with van der Waals surface area (Å²) in [7, 11) is 1.67. The number of methoxy groups -OCH3 is 1. The van der Waals surface area contributed by atoms with Gasteiger partial charge in [0.05, 0.1) is 18.0 Å². The SMILES string of the molecule is COc1ccc(CN2CCCN(C(=O)C[C@@H]3Sc4ccc(Cl)cc4NC3=O)CC2)cc1. The van der Waals surface area contributed by atoms with Crippen molar-refractivity contribution in [3.05, 3.63) is 53.1 Å². The molecule has 8 heteroatoms. The molecule has 2 heterocycles. The zero-order valence-electron chi connectivity index (χ0n) is 17.5. The molecule has 1 atom stereocenters. The number of benzene rings is 2. The summed E-state index contributed by atoms with van der Waals surface area (Å²) in [4.78, 5) is 30.7. The molecule has 6 nitrogen and oxygen atoms in total. The summed E-state index contributed by atoms with van der Waals surface area (Å²) in [6.45, 7) is 4.03. The van der Waals surface area contributed by atoms with Crippen LogP contribution in [0.1, 0.15) is 18.4 Å². The fraction of sp³-hybridized carbons (Fsp3) is 0.391. The Morgan fingerprint density at radius 3 is 2.74 bits per heavy atom. The van der Waals surface area contributed by atoms with Gasteiger partial charge in [-0.1, -0.05) is 23.7 Å². The Hall–Kier alpha value is -2.22. The molecule has 2 amide bonds. The van der Waals surface area contributed by atoms with E-state index in [9.17, 15) is 9.59 Å². The summed E-state index contributed by atoms with van der Waals surface area (Å²) in [5.74, 6) is 0.757. The van der Waals surface area contributed by atoms with Gasteiger partial charge in [0.1, 0.15) is 5.75 Å². The average molecular weight is 460 g/mol. The summed E-state index contributed by atoms with van der Waals surface area (Å²) in [5.41, 5.74) is 1.95. The summed E-state index contributed by atoms with van der Waals surface area (Å²) in [6, 6.07) is 13.5. The van der Waals surface area contributed by atoms with Gasteiger partial charge in [-0.15, -0.1) is 11.8 Å². The van der Waals surface area contributed by atoms with E-state index in [1.165, 1.54) is 17.3 Å². The van der Waals surface area contributed by atoms with Crippen LogP contribution in [0.5, 0.6) is 5.75 Å². The van der Waals surface area contributed by atoms with Crippen LogP contribution in [0.3, 0.4) is 0 Å². The number of amides is 2. The molecule has 2 aromatic rings. The van der Waals surface area contributed by atoms with Gasteiger partial charge in [-0.2, -0.15) is 0 Å². The van der Waals surface area contributed by atoms with Crippen LogP contribution in [0.4, 0.5) is 5.69 Å². The van der Waals surface area contributed by atoms with E-state index in [2.05, 4.69) is 22.3 Å². The number of anilines is 1. The van der Waals surface area contributed by atoms with Crippen LogP contribution in [0, 0.1) is 0 Å². The van der Waals surface area contributed by atoms with Crippen LogP contribution in [0.15, 0.2) is 47.4 Å². The molecular weight excluding hydrogens is 434 g/mol. The number of hydrogen-bond acceptors (Lipinski definition) is 5. The normalized spacial score (nSPS) is 19.4. The van der Waals surface area contributed by atoms with E-state index in [4.69, 9.17) is 16.3 Å². The van der Waals surface area contributed by atoms with Crippen LogP contribution >= 0.6 is 23.4 Å². The topological polar surface area (TPSA) is 61.9 Å². The van der Waals surface area contributed by atoms with Gasteiger partial charge in [-0.3, -0.25) is 14.5 Å². The maximum Gasteiger partial charge on any atom is 0.238 e. The molecule has 0 spiro atoms. The highest BCUT2D eigenvalue weighted by Gasteiger charge is 2.31. The lowest BCUT2D eigenvalue weighted by atomic mass is 10.2. The number of thioether (sulfide) groups is 1. The van der Waals surface area contributed by atoms with E-state index in [-0.39, 0.29) is 18.2 Å². The molecule has 2 aromatic carbocycles. The van der Waals surface area contributed by atoms with E-state index in [0.717, 1.165) is 48.9 Å². The van der Waals surface area contributed by atoms with Gasteiger partial charge >= 0.3 is 0 Å². The second kappa shape index (κ2) is 9.94. The smallest absolute Gasteiger partial charge is 0.238 e. The number of halogens is 1. The van der Waals surface area contributed by atoms with E-state index in [1.54, 1.807) is 19.2 Å². The minimum atomic E-state index is -0.417. The highest BCUT2D eigenvalue weighted by molar-refractivity contribution is 8.01. The molecule has 1 fully saturated rings. The molecule has 164 valence electrons. The quantitative estimate of drug-likeness (QED) is 0.735. The number of fused-ring (bicyclic) bond motifs is 1. The monoisotopic (exact) mass is 459 g/mol. The van der Waals surface area contributed by atoms with E-state index in [0.29, 0.717) is 11.6 Å². The molecule has 4 rings (SSSR count). The standard InChI is InChI=1S/C23H26ClN3O3S/c1-30-18-6-3-16(4-7-18)15-26-9-2-10-27(12-11-26)22(28)14-21-23(29)25-19-13-17(24)5-8-20(19)31-21/h3-8,13,21H,2,9-12,14-15H2,1H3,(H,25,29)/t21-/m0/s1. The second-order valence-electron chi connectivity index (χ2n) is 7.80. The highest BCUT2D eigenvalue weighted by Crippen LogP contribution is 2.38. The Morgan fingerprint density at radius 2 is 1.97 bits per heavy atom. The number of nitrogens with zero attached hydrogens (tertiary/aromatic N) is 2. The lowest BCUT2D eigenvalue weighted by Crippen LogP contribution is -2.39. The highest BCUT2D eigenvalue weighted by atomic mass is 35.5. The lowest BCUT2D eigenvalue weighted by molar-refractivity contribution is -0.132. The molecule has 0 bridgehead atoms. The van der Waals surface area contributed by atoms with Gasteiger partial charge in [-0.25, -0.2) is 0 Å². The fourth-order valence-electron chi connectivity index (χ4n) is 3.91. The zero-order valence-corrected chi connectivity index (χ0v) is 19.0. The molecule has 1 saturated heterocycles. The van der Waals surface area contributed by atoms with Crippen molar-refractivity contribution in [1.82, 2.24) is 9.80 Å². The van der Waals surface area contributed by atoms with E-state index >= 15 is 0 Å². The van der Waals surface area contributed by atoms with Crippen LogP contribution in [0.25, 0.3) is 0 Å². The molecule has 31 heavy (non-hydrogen) atoms. The molecule has 0 unspecified atom stereocenters. The molecule has 0 saturated carbocycles. The summed E-state index contributed by atoms with van der Waals surface area (Å²) >= 11 is 7.45. The fourth-order valence-corrected chi connectivity index (χ4v) is 5.17. The molecule has 2 aliphatic rings. The third-order valence-corrected chi connectivity index (χ3v) is 7.14. The first kappa shape index (κ1) is 22.0.